The Labute approximate surface area is 101 Å². The average molecular weight is 251 g/mol. The number of thiophene rings is 1. The Bertz CT molecular complexity index is 522. The number of benzene rings is 1. The van der Waals surface area contributed by atoms with Gasteiger partial charge in [0.2, 0.25) is 0 Å². The summed E-state index contributed by atoms with van der Waals surface area (Å²) in [6.07, 6.45) is 0. The molecule has 2 aromatic rings. The van der Waals surface area contributed by atoms with Gasteiger partial charge in [-0.3, -0.25) is 0 Å². The van der Waals surface area contributed by atoms with Gasteiger partial charge >= 0.3 is 5.97 Å². The van der Waals surface area contributed by atoms with Gasteiger partial charge in [-0.15, -0.1) is 11.3 Å². The van der Waals surface area contributed by atoms with Gasteiger partial charge in [0, 0.05) is 15.5 Å². The van der Waals surface area contributed by atoms with Crippen molar-refractivity contribution in [2.45, 2.75) is 9.79 Å². The van der Waals surface area contributed by atoms with Crippen LogP contribution in [0.4, 0.5) is 5.69 Å². The predicted octanol–water partition coefficient (Wildman–Crippen LogP) is 3.18. The molecule has 3 N–H and O–H groups in total. The lowest BCUT2D eigenvalue weighted by Gasteiger charge is -2.03. The first-order valence-corrected chi connectivity index (χ1v) is 6.21. The normalized spacial score (nSPS) is 10.2. The zero-order chi connectivity index (χ0) is 11.5. The number of hydrogen-bond donors (Lipinski definition) is 2. The first kappa shape index (κ1) is 11.0. The first-order chi connectivity index (χ1) is 7.68. The van der Waals surface area contributed by atoms with E-state index in [0.29, 0.717) is 10.6 Å². The highest BCUT2D eigenvalue weighted by atomic mass is 32.2. The van der Waals surface area contributed by atoms with Crippen molar-refractivity contribution in [1.29, 1.82) is 0 Å². The number of rotatable bonds is 3. The summed E-state index contributed by atoms with van der Waals surface area (Å²) in [5, 5.41) is 10.7. The summed E-state index contributed by atoms with van der Waals surface area (Å²) >= 11 is 2.60. The SMILES string of the molecule is Nc1ccccc1Sc1ccsc1C(=O)O. The van der Waals surface area contributed by atoms with Crippen LogP contribution in [-0.4, -0.2) is 11.1 Å². The first-order valence-electron chi connectivity index (χ1n) is 4.51. The van der Waals surface area contributed by atoms with Gasteiger partial charge in [0.25, 0.3) is 0 Å². The van der Waals surface area contributed by atoms with Gasteiger partial charge in [-0.25, -0.2) is 4.79 Å². The van der Waals surface area contributed by atoms with Crippen LogP contribution in [-0.2, 0) is 0 Å². The lowest BCUT2D eigenvalue weighted by Crippen LogP contribution is -1.94. The Balaban J connectivity index is 2.31. The average Bonchev–Trinajstić information content (AvgIpc) is 2.69. The van der Waals surface area contributed by atoms with Crippen molar-refractivity contribution in [2.75, 3.05) is 5.73 Å². The maximum absolute atomic E-state index is 10.9. The van der Waals surface area contributed by atoms with E-state index in [1.165, 1.54) is 23.1 Å². The monoisotopic (exact) mass is 251 g/mol. The van der Waals surface area contributed by atoms with Crippen molar-refractivity contribution in [3.05, 3.63) is 40.6 Å². The number of nitrogens with two attached hydrogens (primary N) is 1. The van der Waals surface area contributed by atoms with Crippen LogP contribution in [0.3, 0.4) is 0 Å². The lowest BCUT2D eigenvalue weighted by molar-refractivity contribution is 0.0699. The van der Waals surface area contributed by atoms with Gasteiger partial charge in [0.15, 0.2) is 0 Å². The van der Waals surface area contributed by atoms with Crippen LogP contribution in [0.15, 0.2) is 45.5 Å². The molecule has 0 aliphatic rings. The molecule has 1 aromatic heterocycles. The van der Waals surface area contributed by atoms with E-state index in [9.17, 15) is 4.79 Å². The summed E-state index contributed by atoms with van der Waals surface area (Å²) < 4.78 is 0. The molecule has 1 aromatic carbocycles. The molecule has 0 spiro atoms. The molecule has 1 heterocycles. The van der Waals surface area contributed by atoms with Crippen molar-refractivity contribution in [1.82, 2.24) is 0 Å². The zero-order valence-electron chi connectivity index (χ0n) is 8.21. The van der Waals surface area contributed by atoms with Gasteiger partial charge in [-0.05, 0) is 23.6 Å². The zero-order valence-corrected chi connectivity index (χ0v) is 9.85. The van der Waals surface area contributed by atoms with Crippen LogP contribution in [0.2, 0.25) is 0 Å². The predicted molar refractivity (Wildman–Crippen MR) is 66.3 cm³/mol. The minimum absolute atomic E-state index is 0.355. The number of para-hydroxylation sites is 1. The van der Waals surface area contributed by atoms with Gasteiger partial charge in [0.05, 0.1) is 0 Å². The molecule has 0 fully saturated rings. The van der Waals surface area contributed by atoms with Gasteiger partial charge < -0.3 is 10.8 Å². The summed E-state index contributed by atoms with van der Waals surface area (Å²) in [5.41, 5.74) is 6.46. The minimum atomic E-state index is -0.896. The molecular weight excluding hydrogens is 242 g/mol. The van der Waals surface area contributed by atoms with E-state index < -0.39 is 5.97 Å². The second kappa shape index (κ2) is 4.59. The highest BCUT2D eigenvalue weighted by molar-refractivity contribution is 7.99. The van der Waals surface area contributed by atoms with E-state index in [-0.39, 0.29) is 0 Å². The van der Waals surface area contributed by atoms with E-state index in [4.69, 9.17) is 10.8 Å². The molecule has 0 aliphatic carbocycles. The van der Waals surface area contributed by atoms with E-state index in [2.05, 4.69) is 0 Å². The molecule has 5 heteroatoms. The van der Waals surface area contributed by atoms with E-state index in [1.54, 1.807) is 17.5 Å². The molecule has 0 unspecified atom stereocenters. The Hall–Kier alpha value is -1.46. The number of carboxylic acids is 1. The second-order valence-corrected chi connectivity index (χ2v) is 5.06. The van der Waals surface area contributed by atoms with E-state index in [0.717, 1.165) is 9.79 Å². The van der Waals surface area contributed by atoms with Crippen molar-refractivity contribution >= 4 is 34.8 Å². The van der Waals surface area contributed by atoms with Crippen LogP contribution in [0.1, 0.15) is 9.67 Å². The van der Waals surface area contributed by atoms with Gasteiger partial charge in [0.1, 0.15) is 4.88 Å². The maximum atomic E-state index is 10.9. The molecule has 16 heavy (non-hydrogen) atoms. The molecule has 0 aliphatic heterocycles. The second-order valence-electron chi connectivity index (χ2n) is 3.06. The smallest absolute Gasteiger partial charge is 0.347 e. The van der Waals surface area contributed by atoms with Crippen molar-refractivity contribution < 1.29 is 9.90 Å². The lowest BCUT2D eigenvalue weighted by atomic mass is 10.3. The number of carbonyl (C=O) groups is 1. The number of anilines is 1. The summed E-state index contributed by atoms with van der Waals surface area (Å²) in [6, 6.07) is 9.21. The fraction of sp³-hybridized carbons (Fsp3) is 0. The van der Waals surface area contributed by atoms with Crippen molar-refractivity contribution in [3.8, 4) is 0 Å². The maximum Gasteiger partial charge on any atom is 0.347 e. The molecule has 0 radical (unpaired) electrons. The highest BCUT2D eigenvalue weighted by Gasteiger charge is 2.13. The van der Waals surface area contributed by atoms with Crippen molar-refractivity contribution in [3.63, 3.8) is 0 Å². The molecular formula is C11H9NO2S2. The van der Waals surface area contributed by atoms with Crippen LogP contribution < -0.4 is 5.73 Å². The topological polar surface area (TPSA) is 63.3 Å². The third-order valence-corrected chi connectivity index (χ3v) is 4.15. The largest absolute Gasteiger partial charge is 0.477 e. The van der Waals surface area contributed by atoms with Crippen LogP contribution in [0.25, 0.3) is 0 Å². The fourth-order valence-corrected chi connectivity index (χ4v) is 3.09. The number of hydrogen-bond acceptors (Lipinski definition) is 4. The molecule has 82 valence electrons. The summed E-state index contributed by atoms with van der Waals surface area (Å²) in [6.45, 7) is 0. The number of aromatic carboxylic acids is 1. The highest BCUT2D eigenvalue weighted by Crippen LogP contribution is 2.36. The summed E-state index contributed by atoms with van der Waals surface area (Å²) in [4.78, 5) is 12.9. The molecule has 2 rings (SSSR count). The Morgan fingerprint density at radius 3 is 2.69 bits per heavy atom. The number of carboxylic acid groups (broad SMARTS) is 1. The molecule has 0 bridgehead atoms. The standard InChI is InChI=1S/C11H9NO2S2/c12-7-3-1-2-4-8(7)16-9-5-6-15-10(9)11(13)14/h1-6H,12H2,(H,13,14). The molecule has 0 amide bonds. The molecule has 0 saturated carbocycles. The summed E-state index contributed by atoms with van der Waals surface area (Å²) in [5.74, 6) is -0.896. The minimum Gasteiger partial charge on any atom is -0.477 e. The van der Waals surface area contributed by atoms with Crippen LogP contribution >= 0.6 is 23.1 Å². The Morgan fingerprint density at radius 1 is 1.25 bits per heavy atom. The molecule has 3 nitrogen and oxygen atoms in total. The van der Waals surface area contributed by atoms with Crippen LogP contribution in [0, 0.1) is 0 Å². The van der Waals surface area contributed by atoms with Crippen LogP contribution in [0.5, 0.6) is 0 Å². The number of nitrogen functional groups attached to an aromatic ring is 1. The third kappa shape index (κ3) is 2.20. The van der Waals surface area contributed by atoms with Gasteiger partial charge in [-0.1, -0.05) is 23.9 Å². The van der Waals surface area contributed by atoms with Crippen molar-refractivity contribution in [2.24, 2.45) is 0 Å². The van der Waals surface area contributed by atoms with Gasteiger partial charge in [-0.2, -0.15) is 0 Å². The van der Waals surface area contributed by atoms with E-state index in [1.807, 2.05) is 18.2 Å². The molecule has 0 atom stereocenters. The summed E-state index contributed by atoms with van der Waals surface area (Å²) in [7, 11) is 0. The molecule has 0 saturated heterocycles. The Kier molecular flexibility index (Phi) is 3.17. The third-order valence-electron chi connectivity index (χ3n) is 1.96. The Morgan fingerprint density at radius 2 is 2.00 bits per heavy atom. The fourth-order valence-electron chi connectivity index (χ4n) is 1.23. The quantitative estimate of drug-likeness (QED) is 0.822. The van der Waals surface area contributed by atoms with E-state index >= 15 is 0 Å².